The average Bonchev–Trinajstić information content (AvgIpc) is 2.38. The summed E-state index contributed by atoms with van der Waals surface area (Å²) in [4.78, 5) is 22.1. The van der Waals surface area contributed by atoms with Gasteiger partial charge in [0.2, 0.25) is 0 Å². The summed E-state index contributed by atoms with van der Waals surface area (Å²) < 4.78 is 0. The number of aliphatic carboxylic acids is 1. The van der Waals surface area contributed by atoms with E-state index in [9.17, 15) is 9.59 Å². The first-order valence-corrected chi connectivity index (χ1v) is 6.23. The predicted molar refractivity (Wildman–Crippen MR) is 74.2 cm³/mol. The molecule has 1 atom stereocenters. The normalized spacial score (nSPS) is 11.2. The van der Waals surface area contributed by atoms with E-state index in [0.717, 1.165) is 5.56 Å². The number of carboxylic acid groups (broad SMARTS) is 1. The number of benzene rings is 1. The molecule has 6 nitrogen and oxygen atoms in total. The Morgan fingerprint density at radius 2 is 2.00 bits per heavy atom. The van der Waals surface area contributed by atoms with Crippen molar-refractivity contribution in [2.45, 2.75) is 19.8 Å². The second-order valence-corrected chi connectivity index (χ2v) is 4.57. The fourth-order valence-electron chi connectivity index (χ4n) is 1.61. The number of anilines is 1. The van der Waals surface area contributed by atoms with Gasteiger partial charge in [-0.05, 0) is 23.6 Å². The molecule has 0 aromatic heterocycles. The number of hydrogen-bond acceptors (Lipinski definition) is 3. The Bertz CT molecular complexity index is 505. The SMILES string of the molecule is CC(CNC(=O)Nc1ccc(CC#N)cc1)CC(=O)O. The van der Waals surface area contributed by atoms with E-state index in [-0.39, 0.29) is 18.4 Å². The maximum Gasteiger partial charge on any atom is 0.319 e. The molecule has 6 heteroatoms. The minimum atomic E-state index is -0.882. The molecule has 1 unspecified atom stereocenters. The fraction of sp³-hybridized carbons (Fsp3) is 0.357. The van der Waals surface area contributed by atoms with Crippen LogP contribution in [0.4, 0.5) is 10.5 Å². The van der Waals surface area contributed by atoms with Gasteiger partial charge in [0.05, 0.1) is 12.5 Å². The standard InChI is InChI=1S/C14H17N3O3/c1-10(8-13(18)19)9-16-14(20)17-12-4-2-11(3-5-12)6-7-15/h2-5,10H,6,8-9H2,1H3,(H,18,19)(H2,16,17,20). The molecule has 0 saturated carbocycles. The second-order valence-electron chi connectivity index (χ2n) is 4.57. The lowest BCUT2D eigenvalue weighted by Crippen LogP contribution is -2.32. The third-order valence-electron chi connectivity index (χ3n) is 2.63. The van der Waals surface area contributed by atoms with Crippen LogP contribution in [0.3, 0.4) is 0 Å². The highest BCUT2D eigenvalue weighted by atomic mass is 16.4. The van der Waals surface area contributed by atoms with E-state index < -0.39 is 5.97 Å². The Kier molecular flexibility index (Phi) is 6.04. The molecule has 0 aliphatic rings. The molecule has 3 N–H and O–H groups in total. The number of urea groups is 1. The molecule has 0 radical (unpaired) electrons. The summed E-state index contributed by atoms with van der Waals surface area (Å²) in [7, 11) is 0. The number of carbonyl (C=O) groups is 2. The predicted octanol–water partition coefficient (Wildman–Crippen LogP) is 1.98. The van der Waals surface area contributed by atoms with Crippen LogP contribution in [0.15, 0.2) is 24.3 Å². The largest absolute Gasteiger partial charge is 0.481 e. The van der Waals surface area contributed by atoms with E-state index in [2.05, 4.69) is 10.6 Å². The molecule has 0 fully saturated rings. The number of amides is 2. The zero-order valence-electron chi connectivity index (χ0n) is 11.2. The van der Waals surface area contributed by atoms with E-state index in [1.165, 1.54) is 0 Å². The molecule has 1 rings (SSSR count). The highest BCUT2D eigenvalue weighted by molar-refractivity contribution is 5.89. The fourth-order valence-corrected chi connectivity index (χ4v) is 1.61. The number of nitriles is 1. The van der Waals surface area contributed by atoms with Gasteiger partial charge in [-0.3, -0.25) is 4.79 Å². The summed E-state index contributed by atoms with van der Waals surface area (Å²) in [5, 5.41) is 22.4. The Morgan fingerprint density at radius 1 is 1.35 bits per heavy atom. The molecule has 0 heterocycles. The second kappa shape index (κ2) is 7.79. The number of nitrogens with zero attached hydrogens (tertiary/aromatic N) is 1. The number of hydrogen-bond donors (Lipinski definition) is 3. The van der Waals surface area contributed by atoms with Crippen molar-refractivity contribution in [2.24, 2.45) is 5.92 Å². The van der Waals surface area contributed by atoms with Crippen LogP contribution in [0, 0.1) is 17.2 Å². The molecule has 106 valence electrons. The van der Waals surface area contributed by atoms with Crippen molar-refractivity contribution in [3.63, 3.8) is 0 Å². The minimum Gasteiger partial charge on any atom is -0.481 e. The third kappa shape index (κ3) is 5.87. The molecule has 1 aromatic carbocycles. The lowest BCUT2D eigenvalue weighted by Gasteiger charge is -2.11. The van der Waals surface area contributed by atoms with Crippen molar-refractivity contribution in [1.29, 1.82) is 5.26 Å². The van der Waals surface area contributed by atoms with E-state index in [1.54, 1.807) is 31.2 Å². The smallest absolute Gasteiger partial charge is 0.319 e. The Morgan fingerprint density at radius 3 is 2.55 bits per heavy atom. The summed E-state index contributed by atoms with van der Waals surface area (Å²) in [5.74, 6) is -1.01. The topological polar surface area (TPSA) is 102 Å². The lowest BCUT2D eigenvalue weighted by atomic mass is 10.1. The zero-order valence-corrected chi connectivity index (χ0v) is 11.2. The van der Waals surface area contributed by atoms with Crippen molar-refractivity contribution in [1.82, 2.24) is 5.32 Å². The van der Waals surface area contributed by atoms with Crippen molar-refractivity contribution in [3.05, 3.63) is 29.8 Å². The van der Waals surface area contributed by atoms with Gasteiger partial charge >= 0.3 is 12.0 Å². The van der Waals surface area contributed by atoms with Crippen LogP contribution in [0.25, 0.3) is 0 Å². The van der Waals surface area contributed by atoms with Crippen molar-refractivity contribution < 1.29 is 14.7 Å². The molecule has 0 spiro atoms. The summed E-state index contributed by atoms with van der Waals surface area (Å²) in [6.45, 7) is 2.05. The van der Waals surface area contributed by atoms with Crippen LogP contribution in [-0.4, -0.2) is 23.7 Å². The van der Waals surface area contributed by atoms with Crippen molar-refractivity contribution in [3.8, 4) is 6.07 Å². The van der Waals surface area contributed by atoms with Gasteiger partial charge in [0, 0.05) is 18.7 Å². The van der Waals surface area contributed by atoms with Gasteiger partial charge in [-0.15, -0.1) is 0 Å². The third-order valence-corrected chi connectivity index (χ3v) is 2.63. The van der Waals surface area contributed by atoms with Gasteiger partial charge in [-0.2, -0.15) is 5.26 Å². The van der Waals surface area contributed by atoms with Gasteiger partial charge in [0.15, 0.2) is 0 Å². The first kappa shape index (κ1) is 15.5. The van der Waals surface area contributed by atoms with Crippen LogP contribution >= 0.6 is 0 Å². The summed E-state index contributed by atoms with van der Waals surface area (Å²) in [6, 6.07) is 8.64. The highest BCUT2D eigenvalue weighted by Gasteiger charge is 2.09. The summed E-state index contributed by atoms with van der Waals surface area (Å²) in [5.41, 5.74) is 1.50. The van der Waals surface area contributed by atoms with Crippen LogP contribution in [0.1, 0.15) is 18.9 Å². The molecular formula is C14H17N3O3. The first-order valence-electron chi connectivity index (χ1n) is 6.23. The molecule has 20 heavy (non-hydrogen) atoms. The Labute approximate surface area is 117 Å². The Hall–Kier alpha value is -2.55. The Balaban J connectivity index is 2.38. The number of carbonyl (C=O) groups excluding carboxylic acids is 1. The summed E-state index contributed by atoms with van der Waals surface area (Å²) >= 11 is 0. The molecular weight excluding hydrogens is 258 g/mol. The zero-order chi connectivity index (χ0) is 15.0. The van der Waals surface area contributed by atoms with Crippen molar-refractivity contribution in [2.75, 3.05) is 11.9 Å². The molecule has 0 aliphatic carbocycles. The van der Waals surface area contributed by atoms with E-state index in [4.69, 9.17) is 10.4 Å². The minimum absolute atomic E-state index is 0.0170. The molecule has 0 bridgehead atoms. The van der Waals surface area contributed by atoms with Gasteiger partial charge in [0.25, 0.3) is 0 Å². The maximum atomic E-state index is 11.6. The van der Waals surface area contributed by atoms with Gasteiger partial charge in [-0.25, -0.2) is 4.79 Å². The number of rotatable bonds is 6. The van der Waals surface area contributed by atoms with Crippen LogP contribution in [-0.2, 0) is 11.2 Å². The van der Waals surface area contributed by atoms with Gasteiger partial charge < -0.3 is 15.7 Å². The summed E-state index contributed by atoms with van der Waals surface area (Å²) in [6.07, 6.45) is 0.350. The molecule has 0 aliphatic heterocycles. The average molecular weight is 275 g/mol. The van der Waals surface area contributed by atoms with Crippen LogP contribution in [0.5, 0.6) is 0 Å². The van der Waals surface area contributed by atoms with Crippen LogP contribution < -0.4 is 10.6 Å². The lowest BCUT2D eigenvalue weighted by molar-refractivity contribution is -0.137. The van der Waals surface area contributed by atoms with E-state index in [1.807, 2.05) is 6.07 Å². The van der Waals surface area contributed by atoms with Crippen LogP contribution in [0.2, 0.25) is 0 Å². The number of nitrogens with one attached hydrogen (secondary N) is 2. The molecule has 1 aromatic rings. The van der Waals surface area contributed by atoms with E-state index >= 15 is 0 Å². The first-order chi connectivity index (χ1) is 9.51. The maximum absolute atomic E-state index is 11.6. The monoisotopic (exact) mass is 275 g/mol. The van der Waals surface area contributed by atoms with Gasteiger partial charge in [-0.1, -0.05) is 19.1 Å². The van der Waals surface area contributed by atoms with E-state index in [0.29, 0.717) is 18.7 Å². The van der Waals surface area contributed by atoms with Gasteiger partial charge in [0.1, 0.15) is 0 Å². The number of carboxylic acids is 1. The van der Waals surface area contributed by atoms with Crippen molar-refractivity contribution >= 4 is 17.7 Å². The highest BCUT2D eigenvalue weighted by Crippen LogP contribution is 2.09. The molecule has 2 amide bonds. The molecule has 0 saturated heterocycles. The quantitative estimate of drug-likeness (QED) is 0.738.